The molecule has 5 heteroatoms. The Kier molecular flexibility index (Phi) is 3.85. The molecule has 0 spiro atoms. The van der Waals surface area contributed by atoms with Crippen molar-refractivity contribution in [3.63, 3.8) is 0 Å². The van der Waals surface area contributed by atoms with Crippen LogP contribution in [-0.4, -0.2) is 6.09 Å². The van der Waals surface area contributed by atoms with Crippen LogP contribution in [0.4, 0.5) is 14.9 Å². The number of carbonyl (C=O) groups excluding carboxylic acids is 1. The Labute approximate surface area is 95.1 Å². The third kappa shape index (κ3) is 3.71. The van der Waals surface area contributed by atoms with Crippen molar-refractivity contribution in [2.24, 2.45) is 0 Å². The van der Waals surface area contributed by atoms with Gasteiger partial charge in [0, 0.05) is 4.47 Å². The average Bonchev–Trinajstić information content (AvgIpc) is 2.08. The number of benzene rings is 1. The topological polar surface area (TPSA) is 38.3 Å². The Balaban J connectivity index is 2.72. The molecule has 0 aromatic heterocycles. The summed E-state index contributed by atoms with van der Waals surface area (Å²) in [6.45, 7) is 4.91. The van der Waals surface area contributed by atoms with Crippen molar-refractivity contribution in [2.75, 3.05) is 5.32 Å². The van der Waals surface area contributed by atoms with E-state index in [-0.39, 0.29) is 11.4 Å². The highest BCUT2D eigenvalue weighted by Crippen LogP contribution is 2.19. The van der Waals surface area contributed by atoms with Gasteiger partial charge in [0.2, 0.25) is 0 Å². The number of hydrogen-bond donors (Lipinski definition) is 1. The minimum atomic E-state index is -0.760. The number of halogens is 2. The quantitative estimate of drug-likeness (QED) is 0.835. The maximum atomic E-state index is 13.2. The zero-order valence-electron chi connectivity index (χ0n) is 8.01. The first-order valence-electron chi connectivity index (χ1n) is 4.08. The third-order valence-electron chi connectivity index (χ3n) is 1.43. The molecule has 0 saturated carbocycles. The molecule has 1 aromatic rings. The second-order valence-electron chi connectivity index (χ2n) is 2.84. The lowest BCUT2D eigenvalue weighted by Gasteiger charge is -2.06. The number of ether oxygens (including phenoxy) is 1. The smallest absolute Gasteiger partial charge is 0.416 e. The summed E-state index contributed by atoms with van der Waals surface area (Å²) >= 11 is 3.10. The van der Waals surface area contributed by atoms with Crippen molar-refractivity contribution < 1.29 is 13.9 Å². The van der Waals surface area contributed by atoms with Gasteiger partial charge >= 0.3 is 6.09 Å². The molecule has 3 nitrogen and oxygen atoms in total. The van der Waals surface area contributed by atoms with Crippen LogP contribution < -0.4 is 5.32 Å². The molecule has 0 heterocycles. The van der Waals surface area contributed by atoms with Gasteiger partial charge in [-0.3, -0.25) is 5.32 Å². The number of amides is 1. The number of carbonyl (C=O) groups is 1. The highest BCUT2D eigenvalue weighted by Gasteiger charge is 2.07. The van der Waals surface area contributed by atoms with E-state index in [1.54, 1.807) is 6.07 Å². The highest BCUT2D eigenvalue weighted by atomic mass is 79.9. The van der Waals surface area contributed by atoms with E-state index < -0.39 is 11.9 Å². The van der Waals surface area contributed by atoms with Gasteiger partial charge in [0.25, 0.3) is 0 Å². The molecule has 0 saturated heterocycles. The summed E-state index contributed by atoms with van der Waals surface area (Å²) in [6, 6.07) is 4.29. The fourth-order valence-electron chi connectivity index (χ4n) is 0.885. The van der Waals surface area contributed by atoms with Crippen LogP contribution in [0.2, 0.25) is 0 Å². The second-order valence-corrected chi connectivity index (χ2v) is 3.76. The van der Waals surface area contributed by atoms with E-state index >= 15 is 0 Å². The number of allylic oxidation sites excluding steroid dienone is 1. The molecule has 0 aliphatic carbocycles. The maximum Gasteiger partial charge on any atom is 0.416 e. The summed E-state index contributed by atoms with van der Waals surface area (Å²) < 4.78 is 18.4. The van der Waals surface area contributed by atoms with E-state index in [1.807, 2.05) is 0 Å². The van der Waals surface area contributed by atoms with E-state index in [4.69, 9.17) is 0 Å². The summed E-state index contributed by atoms with van der Waals surface area (Å²) in [5.41, 5.74) is 0.0597. The first-order chi connectivity index (χ1) is 6.99. The van der Waals surface area contributed by atoms with Crippen LogP contribution in [0.25, 0.3) is 0 Å². The lowest BCUT2D eigenvalue weighted by molar-refractivity contribution is 0.192. The number of hydrogen-bond acceptors (Lipinski definition) is 2. The van der Waals surface area contributed by atoms with Gasteiger partial charge in [0.05, 0.1) is 11.4 Å². The molecular weight excluding hydrogens is 265 g/mol. The zero-order valence-corrected chi connectivity index (χ0v) is 9.60. The van der Waals surface area contributed by atoms with E-state index in [9.17, 15) is 9.18 Å². The van der Waals surface area contributed by atoms with E-state index in [1.165, 1.54) is 19.1 Å². The molecule has 0 unspecified atom stereocenters. The number of nitrogens with one attached hydrogen (secondary N) is 1. The van der Waals surface area contributed by atoms with Crippen molar-refractivity contribution >= 4 is 27.7 Å². The lowest BCUT2D eigenvalue weighted by Crippen LogP contribution is -2.13. The average molecular weight is 274 g/mol. The molecule has 1 aromatic carbocycles. The first-order valence-corrected chi connectivity index (χ1v) is 4.87. The van der Waals surface area contributed by atoms with Gasteiger partial charge < -0.3 is 4.74 Å². The number of rotatable bonds is 2. The maximum absolute atomic E-state index is 13.2. The first kappa shape index (κ1) is 11.7. The Morgan fingerprint density at radius 3 is 2.80 bits per heavy atom. The van der Waals surface area contributed by atoms with Gasteiger partial charge in [-0.15, -0.1) is 0 Å². The minimum Gasteiger partial charge on any atom is -0.416 e. The van der Waals surface area contributed by atoms with Gasteiger partial charge in [-0.1, -0.05) is 22.5 Å². The molecule has 0 aliphatic rings. The summed E-state index contributed by atoms with van der Waals surface area (Å²) in [4.78, 5) is 11.1. The Bertz CT molecular complexity index is 406. The molecule has 0 fully saturated rings. The van der Waals surface area contributed by atoms with Crippen LogP contribution in [-0.2, 0) is 4.74 Å². The molecule has 1 N–H and O–H groups in total. The van der Waals surface area contributed by atoms with Gasteiger partial charge in [-0.05, 0) is 25.1 Å². The molecular formula is C10H9BrFNO2. The fraction of sp³-hybridized carbons (Fsp3) is 0.100. The summed E-state index contributed by atoms with van der Waals surface area (Å²) in [7, 11) is 0. The molecule has 1 rings (SSSR count). The normalized spacial score (nSPS) is 9.53. The van der Waals surface area contributed by atoms with E-state index in [0.29, 0.717) is 4.47 Å². The fourth-order valence-corrected chi connectivity index (χ4v) is 1.22. The van der Waals surface area contributed by atoms with Crippen LogP contribution >= 0.6 is 15.9 Å². The predicted octanol–water partition coefficient (Wildman–Crippen LogP) is 3.67. The molecule has 0 radical (unpaired) electrons. The zero-order chi connectivity index (χ0) is 11.4. The lowest BCUT2D eigenvalue weighted by atomic mass is 10.3. The van der Waals surface area contributed by atoms with Gasteiger partial charge in [-0.25, -0.2) is 9.18 Å². The predicted molar refractivity (Wildman–Crippen MR) is 59.0 cm³/mol. The molecule has 0 atom stereocenters. The van der Waals surface area contributed by atoms with Crippen molar-refractivity contribution in [1.29, 1.82) is 0 Å². The molecule has 0 aliphatic heterocycles. The molecule has 80 valence electrons. The summed E-state index contributed by atoms with van der Waals surface area (Å²) in [6.07, 6.45) is -0.760. The van der Waals surface area contributed by atoms with Crippen molar-refractivity contribution in [3.8, 4) is 0 Å². The summed E-state index contributed by atoms with van der Waals surface area (Å²) in [5.74, 6) is -0.298. The van der Waals surface area contributed by atoms with Crippen LogP contribution in [0.15, 0.2) is 35.0 Å². The second kappa shape index (κ2) is 4.93. The van der Waals surface area contributed by atoms with Crippen LogP contribution in [0, 0.1) is 5.82 Å². The SMILES string of the molecule is C=C(C)OC(=O)Nc1ccc(Br)cc1F. The largest absolute Gasteiger partial charge is 0.416 e. The monoisotopic (exact) mass is 273 g/mol. The van der Waals surface area contributed by atoms with Crippen LogP contribution in [0.5, 0.6) is 0 Å². The van der Waals surface area contributed by atoms with Gasteiger partial charge in [0.15, 0.2) is 0 Å². The van der Waals surface area contributed by atoms with E-state index in [0.717, 1.165) is 0 Å². The van der Waals surface area contributed by atoms with Gasteiger partial charge in [0.1, 0.15) is 5.82 Å². The van der Waals surface area contributed by atoms with E-state index in [2.05, 4.69) is 32.6 Å². The highest BCUT2D eigenvalue weighted by molar-refractivity contribution is 9.10. The standard InChI is InChI=1S/C10H9BrFNO2/c1-6(2)15-10(14)13-9-4-3-7(11)5-8(9)12/h3-5H,1H2,2H3,(H,13,14). The Hall–Kier alpha value is -1.36. The van der Waals surface area contributed by atoms with Crippen LogP contribution in [0.1, 0.15) is 6.92 Å². The van der Waals surface area contributed by atoms with Crippen molar-refractivity contribution in [1.82, 2.24) is 0 Å². The van der Waals surface area contributed by atoms with Crippen LogP contribution in [0.3, 0.4) is 0 Å². The molecule has 0 bridgehead atoms. The van der Waals surface area contributed by atoms with Crippen molar-refractivity contribution in [2.45, 2.75) is 6.92 Å². The Morgan fingerprint density at radius 2 is 2.27 bits per heavy atom. The van der Waals surface area contributed by atoms with Crippen molar-refractivity contribution in [3.05, 3.63) is 40.8 Å². The Morgan fingerprint density at radius 1 is 1.60 bits per heavy atom. The molecule has 15 heavy (non-hydrogen) atoms. The molecule has 1 amide bonds. The summed E-state index contributed by atoms with van der Waals surface area (Å²) in [5, 5.41) is 2.25. The third-order valence-corrected chi connectivity index (χ3v) is 1.93. The van der Waals surface area contributed by atoms with Gasteiger partial charge in [-0.2, -0.15) is 0 Å². The number of anilines is 1. The minimum absolute atomic E-state index is 0.0597.